The van der Waals surface area contributed by atoms with Crippen molar-refractivity contribution < 1.29 is 14.8 Å². The second-order valence-electron chi connectivity index (χ2n) is 3.61. The van der Waals surface area contributed by atoms with Gasteiger partial charge in [0.1, 0.15) is 16.6 Å². The van der Waals surface area contributed by atoms with Crippen molar-refractivity contribution in [3.63, 3.8) is 0 Å². The minimum Gasteiger partial charge on any atom is -0.505 e. The second-order valence-corrected chi connectivity index (χ2v) is 4.00. The number of anilines is 1. The number of benzene rings is 1. The van der Waals surface area contributed by atoms with Crippen molar-refractivity contribution in [2.24, 2.45) is 0 Å². The fraction of sp³-hybridized carbons (Fsp3) is 0. The first-order valence-electron chi connectivity index (χ1n) is 5.24. The zero-order valence-electron chi connectivity index (χ0n) is 9.78. The van der Waals surface area contributed by atoms with Gasteiger partial charge in [-0.15, -0.1) is 0 Å². The van der Waals surface area contributed by atoms with Crippen molar-refractivity contribution in [1.29, 1.82) is 0 Å². The van der Waals surface area contributed by atoms with E-state index in [0.717, 1.165) is 12.3 Å². The maximum Gasteiger partial charge on any atom is 0.296 e. The molecule has 1 aromatic heterocycles. The number of phenolic OH excluding ortho intramolecular Hbond substituents is 1. The Balaban J connectivity index is 2.35. The Hall–Kier alpha value is -2.74. The smallest absolute Gasteiger partial charge is 0.296 e. The first kappa shape index (κ1) is 13.7. The summed E-state index contributed by atoms with van der Waals surface area (Å²) in [5.41, 5.74) is -0.882. The van der Waals surface area contributed by atoms with Crippen LogP contribution in [-0.2, 0) is 0 Å². The van der Waals surface area contributed by atoms with Gasteiger partial charge in [-0.1, -0.05) is 17.7 Å². The van der Waals surface area contributed by atoms with Crippen LogP contribution in [0.4, 0.5) is 11.4 Å². The lowest BCUT2D eigenvalue weighted by atomic mass is 10.2. The van der Waals surface area contributed by atoms with Crippen molar-refractivity contribution in [3.05, 3.63) is 51.6 Å². The fourth-order valence-corrected chi connectivity index (χ4v) is 1.59. The lowest BCUT2D eigenvalue weighted by Gasteiger charge is -2.07. The summed E-state index contributed by atoms with van der Waals surface area (Å²) in [5.74, 6) is -1.20. The third-order valence-electron chi connectivity index (χ3n) is 2.29. The minimum absolute atomic E-state index is 0.00410. The standard InChI is InChI=1S/C11H7ClN4O4/c12-9-5-13-4-6(14-9)11(18)15-10-7(16(19)20)2-1-3-8(10)17/h1-5,17H,(H,15,18). The number of carbonyl (C=O) groups excluding carboxylic acids is 1. The predicted molar refractivity (Wildman–Crippen MR) is 69.8 cm³/mol. The summed E-state index contributed by atoms with van der Waals surface area (Å²) in [7, 11) is 0. The first-order valence-corrected chi connectivity index (χ1v) is 5.62. The van der Waals surface area contributed by atoms with Gasteiger partial charge in [0.2, 0.25) is 0 Å². The lowest BCUT2D eigenvalue weighted by molar-refractivity contribution is -0.384. The van der Waals surface area contributed by atoms with E-state index in [1.807, 2.05) is 0 Å². The molecule has 0 saturated heterocycles. The van der Waals surface area contributed by atoms with Crippen molar-refractivity contribution in [2.75, 3.05) is 5.32 Å². The summed E-state index contributed by atoms with van der Waals surface area (Å²) in [5, 5.41) is 22.7. The molecule has 2 aromatic rings. The number of carbonyl (C=O) groups is 1. The summed E-state index contributed by atoms with van der Waals surface area (Å²) >= 11 is 5.59. The Labute approximate surface area is 117 Å². The molecular weight excluding hydrogens is 288 g/mol. The summed E-state index contributed by atoms with van der Waals surface area (Å²) in [6.45, 7) is 0. The van der Waals surface area contributed by atoms with E-state index >= 15 is 0 Å². The van der Waals surface area contributed by atoms with E-state index < -0.39 is 22.3 Å². The van der Waals surface area contributed by atoms with Crippen LogP contribution in [0.3, 0.4) is 0 Å². The zero-order valence-corrected chi connectivity index (χ0v) is 10.5. The zero-order chi connectivity index (χ0) is 14.7. The number of nitro groups is 1. The molecule has 0 fully saturated rings. The normalized spacial score (nSPS) is 10.1. The Morgan fingerprint density at radius 1 is 1.40 bits per heavy atom. The van der Waals surface area contributed by atoms with E-state index in [1.54, 1.807) is 0 Å². The van der Waals surface area contributed by atoms with E-state index in [0.29, 0.717) is 0 Å². The van der Waals surface area contributed by atoms with Gasteiger partial charge in [-0.05, 0) is 6.07 Å². The molecule has 0 spiro atoms. The molecule has 0 saturated carbocycles. The number of aromatic nitrogens is 2. The van der Waals surface area contributed by atoms with Gasteiger partial charge in [-0.25, -0.2) is 4.98 Å². The van der Waals surface area contributed by atoms with Crippen molar-refractivity contribution >= 4 is 28.9 Å². The molecule has 2 rings (SSSR count). The molecule has 20 heavy (non-hydrogen) atoms. The molecule has 0 radical (unpaired) electrons. The Morgan fingerprint density at radius 3 is 2.80 bits per heavy atom. The quantitative estimate of drug-likeness (QED) is 0.507. The molecule has 1 heterocycles. The van der Waals surface area contributed by atoms with Gasteiger partial charge in [0.05, 0.1) is 17.3 Å². The molecule has 1 aromatic carbocycles. The molecule has 9 heteroatoms. The molecule has 0 aliphatic heterocycles. The van der Waals surface area contributed by atoms with Gasteiger partial charge in [0.15, 0.2) is 5.69 Å². The van der Waals surface area contributed by atoms with Crippen LogP contribution in [-0.4, -0.2) is 25.9 Å². The van der Waals surface area contributed by atoms with E-state index in [1.165, 1.54) is 18.3 Å². The van der Waals surface area contributed by atoms with E-state index in [-0.39, 0.29) is 16.5 Å². The van der Waals surface area contributed by atoms with Gasteiger partial charge in [0, 0.05) is 6.07 Å². The lowest BCUT2D eigenvalue weighted by Crippen LogP contribution is -2.15. The third-order valence-corrected chi connectivity index (χ3v) is 2.48. The van der Waals surface area contributed by atoms with E-state index in [9.17, 15) is 20.0 Å². The van der Waals surface area contributed by atoms with Gasteiger partial charge < -0.3 is 10.4 Å². The SMILES string of the molecule is O=C(Nc1c(O)cccc1[N+](=O)[O-])c1cncc(Cl)n1. The van der Waals surface area contributed by atoms with Crippen LogP contribution in [0, 0.1) is 10.1 Å². The third kappa shape index (κ3) is 2.81. The molecule has 0 atom stereocenters. The van der Waals surface area contributed by atoms with Crippen LogP contribution in [0.5, 0.6) is 5.75 Å². The molecule has 1 amide bonds. The average Bonchev–Trinajstić information content (AvgIpc) is 2.40. The Morgan fingerprint density at radius 2 is 2.15 bits per heavy atom. The number of phenols is 1. The number of hydrogen-bond donors (Lipinski definition) is 2. The maximum absolute atomic E-state index is 11.9. The number of nitro benzene ring substituents is 1. The fourth-order valence-electron chi connectivity index (χ4n) is 1.44. The van der Waals surface area contributed by atoms with Gasteiger partial charge >= 0.3 is 0 Å². The van der Waals surface area contributed by atoms with Gasteiger partial charge in [-0.3, -0.25) is 19.9 Å². The molecule has 0 aliphatic rings. The predicted octanol–water partition coefficient (Wildman–Crippen LogP) is 2.00. The number of halogens is 1. The molecule has 8 nitrogen and oxygen atoms in total. The Bertz CT molecular complexity index is 692. The maximum atomic E-state index is 11.9. The number of nitrogens with zero attached hydrogens (tertiary/aromatic N) is 3. The number of rotatable bonds is 3. The number of para-hydroxylation sites is 1. The average molecular weight is 295 g/mol. The largest absolute Gasteiger partial charge is 0.505 e. The van der Waals surface area contributed by atoms with Crippen LogP contribution < -0.4 is 5.32 Å². The summed E-state index contributed by atoms with van der Waals surface area (Å²) in [6.07, 6.45) is 2.38. The van der Waals surface area contributed by atoms with Gasteiger partial charge in [0.25, 0.3) is 11.6 Å². The molecule has 102 valence electrons. The number of hydrogen-bond acceptors (Lipinski definition) is 6. The molecular formula is C11H7ClN4O4. The van der Waals surface area contributed by atoms with E-state index in [2.05, 4.69) is 15.3 Å². The van der Waals surface area contributed by atoms with Crippen LogP contribution >= 0.6 is 11.6 Å². The van der Waals surface area contributed by atoms with Gasteiger partial charge in [-0.2, -0.15) is 0 Å². The topological polar surface area (TPSA) is 118 Å². The van der Waals surface area contributed by atoms with Crippen LogP contribution in [0.15, 0.2) is 30.6 Å². The highest BCUT2D eigenvalue weighted by Crippen LogP contribution is 2.33. The highest BCUT2D eigenvalue weighted by molar-refractivity contribution is 6.29. The Kier molecular flexibility index (Phi) is 3.76. The monoisotopic (exact) mass is 294 g/mol. The van der Waals surface area contributed by atoms with E-state index in [4.69, 9.17) is 11.6 Å². The number of aromatic hydroxyl groups is 1. The highest BCUT2D eigenvalue weighted by atomic mass is 35.5. The molecule has 0 aliphatic carbocycles. The van der Waals surface area contributed by atoms with Crippen molar-refractivity contribution in [1.82, 2.24) is 9.97 Å². The second kappa shape index (κ2) is 5.49. The molecule has 0 bridgehead atoms. The van der Waals surface area contributed by atoms with Crippen LogP contribution in [0.2, 0.25) is 5.15 Å². The summed E-state index contributed by atoms with van der Waals surface area (Å²) in [4.78, 5) is 29.4. The highest BCUT2D eigenvalue weighted by Gasteiger charge is 2.20. The summed E-state index contributed by atoms with van der Waals surface area (Å²) in [6, 6.07) is 3.66. The molecule has 2 N–H and O–H groups in total. The van der Waals surface area contributed by atoms with Crippen LogP contribution in [0.25, 0.3) is 0 Å². The first-order chi connectivity index (χ1) is 9.49. The number of amides is 1. The van der Waals surface area contributed by atoms with Crippen molar-refractivity contribution in [3.8, 4) is 5.75 Å². The molecule has 0 unspecified atom stereocenters. The minimum atomic E-state index is -0.774. The summed E-state index contributed by atoms with van der Waals surface area (Å²) < 4.78 is 0. The number of nitrogens with one attached hydrogen (secondary N) is 1. The van der Waals surface area contributed by atoms with Crippen LogP contribution in [0.1, 0.15) is 10.5 Å². The van der Waals surface area contributed by atoms with Crippen molar-refractivity contribution in [2.45, 2.75) is 0 Å².